The molecule has 2 aromatic carbocycles. The average Bonchev–Trinajstić information content (AvgIpc) is 2.65. The smallest absolute Gasteiger partial charge is 0.338 e. The van der Waals surface area contributed by atoms with E-state index >= 15 is 0 Å². The Bertz CT molecular complexity index is 967. The third kappa shape index (κ3) is 4.56. The minimum atomic E-state index is -0.361. The highest BCUT2D eigenvalue weighted by atomic mass is 16.5. The number of nitrogens with one attached hydrogen (secondary N) is 1. The summed E-state index contributed by atoms with van der Waals surface area (Å²) in [4.78, 5) is 20.0. The fourth-order valence-corrected chi connectivity index (χ4v) is 2.70. The Labute approximate surface area is 163 Å². The Morgan fingerprint density at radius 2 is 1.75 bits per heavy atom. The minimum absolute atomic E-state index is 0.269. The number of ether oxygens (including phenoxy) is 2. The number of nitrogen functional groups attached to an aromatic ring is 1. The third-order valence-corrected chi connectivity index (χ3v) is 3.92. The van der Waals surface area contributed by atoms with Crippen molar-refractivity contribution in [1.82, 2.24) is 9.97 Å². The number of esters is 1. The number of aromatic nitrogens is 2. The predicted octanol–water partition coefficient (Wildman–Crippen LogP) is 4.39. The largest absolute Gasteiger partial charge is 0.462 e. The van der Waals surface area contributed by atoms with E-state index in [2.05, 4.69) is 21.4 Å². The van der Waals surface area contributed by atoms with Crippen LogP contribution in [0.1, 0.15) is 28.4 Å². The van der Waals surface area contributed by atoms with Gasteiger partial charge < -0.3 is 20.5 Å². The first-order valence-corrected chi connectivity index (χ1v) is 8.87. The van der Waals surface area contributed by atoms with Crippen LogP contribution in [0.15, 0.2) is 48.8 Å². The van der Waals surface area contributed by atoms with E-state index in [-0.39, 0.29) is 17.5 Å². The number of hydrogen-bond donors (Lipinski definition) is 2. The molecule has 0 spiro atoms. The molecule has 0 saturated carbocycles. The summed E-state index contributed by atoms with van der Waals surface area (Å²) in [6.45, 7) is 6.09. The maximum Gasteiger partial charge on any atom is 0.338 e. The van der Waals surface area contributed by atoms with Crippen LogP contribution in [0.3, 0.4) is 0 Å². The zero-order valence-corrected chi connectivity index (χ0v) is 16.0. The van der Waals surface area contributed by atoms with Crippen LogP contribution in [0.25, 0.3) is 0 Å². The van der Waals surface area contributed by atoms with Gasteiger partial charge in [0.25, 0.3) is 0 Å². The van der Waals surface area contributed by atoms with Crippen LogP contribution >= 0.6 is 0 Å². The molecule has 0 atom stereocenters. The van der Waals surface area contributed by atoms with Gasteiger partial charge in [-0.05, 0) is 68.3 Å². The highest BCUT2D eigenvalue weighted by Gasteiger charge is 2.12. The van der Waals surface area contributed by atoms with Crippen molar-refractivity contribution in [2.75, 3.05) is 17.7 Å². The summed E-state index contributed by atoms with van der Waals surface area (Å²) in [5.41, 5.74) is 9.84. The number of aryl methyl sites for hydroxylation is 2. The van der Waals surface area contributed by atoms with E-state index < -0.39 is 0 Å². The van der Waals surface area contributed by atoms with E-state index in [4.69, 9.17) is 15.2 Å². The molecule has 0 aliphatic rings. The molecule has 3 N–H and O–H groups in total. The number of nitrogens with two attached hydrogens (primary N) is 1. The molecule has 0 fully saturated rings. The molecule has 28 heavy (non-hydrogen) atoms. The molecule has 1 heterocycles. The fraction of sp³-hybridized carbons (Fsp3) is 0.190. The minimum Gasteiger partial charge on any atom is -0.462 e. The lowest BCUT2D eigenvalue weighted by molar-refractivity contribution is 0.0526. The molecule has 0 amide bonds. The summed E-state index contributed by atoms with van der Waals surface area (Å²) in [5.74, 6) is 0.983. The second-order valence-corrected chi connectivity index (χ2v) is 6.29. The first kappa shape index (κ1) is 19.2. The van der Waals surface area contributed by atoms with Crippen molar-refractivity contribution in [3.05, 3.63) is 65.5 Å². The first-order valence-electron chi connectivity index (χ1n) is 8.87. The van der Waals surface area contributed by atoms with Crippen molar-refractivity contribution < 1.29 is 14.3 Å². The maximum absolute atomic E-state index is 11.7. The van der Waals surface area contributed by atoms with Crippen molar-refractivity contribution >= 4 is 23.2 Å². The van der Waals surface area contributed by atoms with Gasteiger partial charge in [-0.3, -0.25) is 0 Å². The van der Waals surface area contributed by atoms with E-state index in [1.165, 1.54) is 6.33 Å². The SMILES string of the molecule is CCOC(=O)c1ccc(Nc2ncnc(Oc3cc(C)cc(C)c3)c2N)cc1. The van der Waals surface area contributed by atoms with Crippen molar-refractivity contribution in [1.29, 1.82) is 0 Å². The van der Waals surface area contributed by atoms with Gasteiger partial charge in [-0.15, -0.1) is 0 Å². The lowest BCUT2D eigenvalue weighted by atomic mass is 10.1. The zero-order chi connectivity index (χ0) is 20.1. The number of rotatable bonds is 6. The van der Waals surface area contributed by atoms with Gasteiger partial charge in [-0.25, -0.2) is 9.78 Å². The highest BCUT2D eigenvalue weighted by Crippen LogP contribution is 2.31. The number of benzene rings is 2. The van der Waals surface area contributed by atoms with E-state index in [1.807, 2.05) is 26.0 Å². The summed E-state index contributed by atoms with van der Waals surface area (Å²) in [5, 5.41) is 3.11. The van der Waals surface area contributed by atoms with Crippen LogP contribution in [0.4, 0.5) is 17.2 Å². The van der Waals surface area contributed by atoms with Gasteiger partial charge in [0.05, 0.1) is 12.2 Å². The summed E-state index contributed by atoms with van der Waals surface area (Å²) < 4.78 is 10.8. The molecule has 144 valence electrons. The Kier molecular flexibility index (Phi) is 5.74. The molecule has 0 unspecified atom stereocenters. The number of nitrogens with zero attached hydrogens (tertiary/aromatic N) is 2. The normalized spacial score (nSPS) is 10.4. The Morgan fingerprint density at radius 1 is 1.07 bits per heavy atom. The predicted molar refractivity (Wildman–Crippen MR) is 108 cm³/mol. The van der Waals surface area contributed by atoms with Crippen LogP contribution < -0.4 is 15.8 Å². The molecule has 0 aliphatic heterocycles. The van der Waals surface area contributed by atoms with Gasteiger partial charge in [-0.1, -0.05) is 6.07 Å². The Hall–Kier alpha value is -3.61. The van der Waals surface area contributed by atoms with Crippen molar-refractivity contribution in [3.63, 3.8) is 0 Å². The molecule has 0 radical (unpaired) electrons. The average molecular weight is 378 g/mol. The second kappa shape index (κ2) is 8.39. The second-order valence-electron chi connectivity index (χ2n) is 6.29. The van der Waals surface area contributed by atoms with Gasteiger partial charge in [0.1, 0.15) is 17.8 Å². The Morgan fingerprint density at radius 3 is 2.39 bits per heavy atom. The van der Waals surface area contributed by atoms with Gasteiger partial charge in [-0.2, -0.15) is 4.98 Å². The van der Waals surface area contributed by atoms with Crippen LogP contribution in [0.2, 0.25) is 0 Å². The number of hydrogen-bond acceptors (Lipinski definition) is 7. The summed E-state index contributed by atoms with van der Waals surface area (Å²) >= 11 is 0. The van der Waals surface area contributed by atoms with Crippen molar-refractivity contribution in [2.24, 2.45) is 0 Å². The zero-order valence-electron chi connectivity index (χ0n) is 16.0. The van der Waals surface area contributed by atoms with Crippen molar-refractivity contribution in [2.45, 2.75) is 20.8 Å². The molecule has 3 aromatic rings. The van der Waals surface area contributed by atoms with Gasteiger partial charge >= 0.3 is 5.97 Å². The topological polar surface area (TPSA) is 99.4 Å². The molecule has 0 saturated heterocycles. The highest BCUT2D eigenvalue weighted by molar-refractivity contribution is 5.90. The monoisotopic (exact) mass is 378 g/mol. The van der Waals surface area contributed by atoms with Crippen LogP contribution in [0, 0.1) is 13.8 Å². The third-order valence-electron chi connectivity index (χ3n) is 3.92. The summed E-state index contributed by atoms with van der Waals surface area (Å²) in [6.07, 6.45) is 1.38. The molecular weight excluding hydrogens is 356 g/mol. The van der Waals surface area contributed by atoms with Crippen molar-refractivity contribution in [3.8, 4) is 11.6 Å². The fourth-order valence-electron chi connectivity index (χ4n) is 2.70. The molecule has 7 nitrogen and oxygen atoms in total. The molecule has 3 rings (SSSR count). The van der Waals surface area contributed by atoms with E-state index in [0.717, 1.165) is 16.8 Å². The van der Waals surface area contributed by atoms with Crippen LogP contribution in [-0.4, -0.2) is 22.5 Å². The number of carbonyl (C=O) groups is 1. The molecule has 1 aromatic heterocycles. The summed E-state index contributed by atoms with van der Waals surface area (Å²) in [7, 11) is 0. The standard InChI is InChI=1S/C21H22N4O3/c1-4-27-21(26)15-5-7-16(8-6-15)25-19-18(22)20(24-12-23-19)28-17-10-13(2)9-14(3)11-17/h5-12H,4,22H2,1-3H3,(H,23,24,25). The van der Waals surface area contributed by atoms with E-state index in [1.54, 1.807) is 31.2 Å². The maximum atomic E-state index is 11.7. The molecular formula is C21H22N4O3. The lowest BCUT2D eigenvalue weighted by Crippen LogP contribution is -2.05. The van der Waals surface area contributed by atoms with Gasteiger partial charge in [0.2, 0.25) is 5.88 Å². The first-order chi connectivity index (χ1) is 13.5. The molecule has 0 bridgehead atoms. The lowest BCUT2D eigenvalue weighted by Gasteiger charge is -2.12. The number of anilines is 3. The van der Waals surface area contributed by atoms with Crippen LogP contribution in [0.5, 0.6) is 11.6 Å². The van der Waals surface area contributed by atoms with Gasteiger partial charge in [0.15, 0.2) is 5.82 Å². The quantitative estimate of drug-likeness (QED) is 0.614. The van der Waals surface area contributed by atoms with Gasteiger partial charge in [0, 0.05) is 5.69 Å². The molecule has 7 heteroatoms. The van der Waals surface area contributed by atoms with E-state index in [0.29, 0.717) is 23.7 Å². The number of carbonyl (C=O) groups excluding carboxylic acids is 1. The summed E-state index contributed by atoms with van der Waals surface area (Å²) in [6, 6.07) is 12.7. The molecule has 0 aliphatic carbocycles. The van der Waals surface area contributed by atoms with Crippen LogP contribution in [-0.2, 0) is 4.74 Å². The Balaban J connectivity index is 1.78. The van der Waals surface area contributed by atoms with E-state index in [9.17, 15) is 4.79 Å².